The second kappa shape index (κ2) is 6.78. The van der Waals surface area contributed by atoms with Crippen molar-refractivity contribution in [1.29, 1.82) is 0 Å². The molecule has 1 atom stereocenters. The smallest absolute Gasteiger partial charge is 0.328 e. The van der Waals surface area contributed by atoms with Crippen LogP contribution in [0.3, 0.4) is 0 Å². The molecular weight excluding hydrogens is 244 g/mol. The van der Waals surface area contributed by atoms with Crippen LogP contribution in [0.4, 0.5) is 5.69 Å². The van der Waals surface area contributed by atoms with Gasteiger partial charge in [0.15, 0.2) is 0 Å². The minimum atomic E-state index is -0.375. The van der Waals surface area contributed by atoms with E-state index in [0.717, 1.165) is 5.69 Å². The highest BCUT2D eigenvalue weighted by atomic mass is 16.5. The number of nitrogens with zero attached hydrogens (tertiary/aromatic N) is 1. The maximum atomic E-state index is 11.7. The topological polar surface area (TPSA) is 58.6 Å². The summed E-state index contributed by atoms with van der Waals surface area (Å²) in [4.78, 5) is 24.7. The summed E-state index contributed by atoms with van der Waals surface area (Å²) in [6, 6.07) is 6.65. The van der Waals surface area contributed by atoms with Crippen molar-refractivity contribution >= 4 is 17.6 Å². The molecule has 0 aromatic heterocycles. The molecule has 104 valence electrons. The number of rotatable bonds is 5. The first-order chi connectivity index (χ1) is 8.99. The molecule has 1 unspecified atom stereocenters. The zero-order valence-electron chi connectivity index (χ0n) is 11.8. The Morgan fingerprint density at radius 2 is 1.84 bits per heavy atom. The Morgan fingerprint density at radius 1 is 1.26 bits per heavy atom. The van der Waals surface area contributed by atoms with Crippen molar-refractivity contribution in [3.63, 3.8) is 0 Å². The zero-order chi connectivity index (χ0) is 14.4. The van der Waals surface area contributed by atoms with Crippen molar-refractivity contribution in [1.82, 2.24) is 4.90 Å². The maximum absolute atomic E-state index is 11.7. The van der Waals surface area contributed by atoms with Gasteiger partial charge in [-0.15, -0.1) is 0 Å². The molecule has 0 aliphatic rings. The number of carbonyl (C=O) groups is 2. The largest absolute Gasteiger partial charge is 0.467 e. The molecule has 0 aliphatic carbocycles. The minimum Gasteiger partial charge on any atom is -0.467 e. The summed E-state index contributed by atoms with van der Waals surface area (Å²) in [6.07, 6.45) is 0.630. The maximum Gasteiger partial charge on any atom is 0.328 e. The number of hydrogen-bond acceptors (Lipinski definition) is 4. The van der Waals surface area contributed by atoms with E-state index in [-0.39, 0.29) is 17.9 Å². The number of benzene rings is 1. The second-order valence-corrected chi connectivity index (χ2v) is 4.41. The Labute approximate surface area is 113 Å². The normalized spacial score (nSPS) is 11.6. The van der Waals surface area contributed by atoms with E-state index in [2.05, 4.69) is 5.32 Å². The minimum absolute atomic E-state index is 0.0495. The lowest BCUT2D eigenvalue weighted by Crippen LogP contribution is -2.29. The quantitative estimate of drug-likeness (QED) is 0.823. The molecule has 0 bridgehead atoms. The van der Waals surface area contributed by atoms with Gasteiger partial charge >= 0.3 is 5.97 Å². The monoisotopic (exact) mass is 264 g/mol. The lowest BCUT2D eigenvalue weighted by atomic mass is 10.1. The Morgan fingerprint density at radius 3 is 2.26 bits per heavy atom. The third kappa shape index (κ3) is 3.98. The van der Waals surface area contributed by atoms with Gasteiger partial charge < -0.3 is 15.0 Å². The van der Waals surface area contributed by atoms with Gasteiger partial charge in [-0.05, 0) is 30.7 Å². The number of amides is 1. The molecule has 19 heavy (non-hydrogen) atoms. The first kappa shape index (κ1) is 15.0. The summed E-state index contributed by atoms with van der Waals surface area (Å²) < 4.78 is 4.71. The molecule has 1 aromatic carbocycles. The van der Waals surface area contributed by atoms with E-state index in [1.54, 1.807) is 38.4 Å². The number of esters is 1. The van der Waals surface area contributed by atoms with Gasteiger partial charge in [-0.3, -0.25) is 4.79 Å². The average Bonchev–Trinajstić information content (AvgIpc) is 2.43. The van der Waals surface area contributed by atoms with Gasteiger partial charge in [-0.1, -0.05) is 6.92 Å². The van der Waals surface area contributed by atoms with Crippen LogP contribution >= 0.6 is 0 Å². The highest BCUT2D eigenvalue weighted by Crippen LogP contribution is 2.13. The van der Waals surface area contributed by atoms with Crippen LogP contribution in [0.5, 0.6) is 0 Å². The van der Waals surface area contributed by atoms with E-state index >= 15 is 0 Å². The number of methoxy groups -OCH3 is 1. The molecular formula is C14H20N2O3. The predicted molar refractivity (Wildman–Crippen MR) is 74.2 cm³/mol. The van der Waals surface area contributed by atoms with Gasteiger partial charge in [0.1, 0.15) is 6.04 Å². The molecule has 0 saturated carbocycles. The lowest BCUT2D eigenvalue weighted by molar-refractivity contribution is -0.141. The van der Waals surface area contributed by atoms with Crippen molar-refractivity contribution in [2.24, 2.45) is 0 Å². The van der Waals surface area contributed by atoms with Crippen LogP contribution in [0.1, 0.15) is 23.7 Å². The van der Waals surface area contributed by atoms with Crippen molar-refractivity contribution in [3.8, 4) is 0 Å². The number of carbonyl (C=O) groups excluding carboxylic acids is 2. The van der Waals surface area contributed by atoms with Crippen LogP contribution in [0.2, 0.25) is 0 Å². The van der Waals surface area contributed by atoms with Gasteiger partial charge in [0.05, 0.1) is 7.11 Å². The fourth-order valence-corrected chi connectivity index (χ4v) is 1.64. The van der Waals surface area contributed by atoms with Gasteiger partial charge in [0.25, 0.3) is 5.91 Å². The summed E-state index contributed by atoms with van der Waals surface area (Å²) >= 11 is 0. The first-order valence-electron chi connectivity index (χ1n) is 6.15. The lowest BCUT2D eigenvalue weighted by Gasteiger charge is -2.16. The average molecular weight is 264 g/mol. The van der Waals surface area contributed by atoms with Crippen molar-refractivity contribution in [3.05, 3.63) is 29.8 Å². The van der Waals surface area contributed by atoms with Crippen LogP contribution in [-0.4, -0.2) is 44.0 Å². The molecule has 0 saturated heterocycles. The molecule has 1 aromatic rings. The molecule has 1 amide bonds. The summed E-state index contributed by atoms with van der Waals surface area (Å²) in [7, 11) is 4.78. The Kier molecular flexibility index (Phi) is 5.36. The third-order valence-corrected chi connectivity index (χ3v) is 2.77. The van der Waals surface area contributed by atoms with Gasteiger partial charge in [-0.25, -0.2) is 4.79 Å². The molecule has 0 radical (unpaired) electrons. The fraction of sp³-hybridized carbons (Fsp3) is 0.429. The standard InChI is InChI=1S/C14H20N2O3/c1-5-12(14(18)19-4)15-11-8-6-10(7-9-11)13(17)16(2)3/h6-9,12,15H,5H2,1-4H3. The molecule has 5 heteroatoms. The Bertz CT molecular complexity index is 441. The highest BCUT2D eigenvalue weighted by Gasteiger charge is 2.16. The zero-order valence-corrected chi connectivity index (χ0v) is 11.8. The van der Waals surface area contributed by atoms with E-state index in [1.807, 2.05) is 6.92 Å². The van der Waals surface area contributed by atoms with Crippen LogP contribution in [0.15, 0.2) is 24.3 Å². The Hall–Kier alpha value is -2.04. The molecule has 1 N–H and O–H groups in total. The van der Waals surface area contributed by atoms with E-state index < -0.39 is 0 Å². The summed E-state index contributed by atoms with van der Waals surface area (Å²) in [6.45, 7) is 1.90. The molecule has 1 rings (SSSR count). The van der Waals surface area contributed by atoms with Crippen molar-refractivity contribution in [2.75, 3.05) is 26.5 Å². The van der Waals surface area contributed by atoms with Crippen molar-refractivity contribution in [2.45, 2.75) is 19.4 Å². The van der Waals surface area contributed by atoms with Gasteiger partial charge in [0, 0.05) is 25.3 Å². The second-order valence-electron chi connectivity index (χ2n) is 4.41. The van der Waals surface area contributed by atoms with Gasteiger partial charge in [-0.2, -0.15) is 0 Å². The van der Waals surface area contributed by atoms with Crippen LogP contribution in [0.25, 0.3) is 0 Å². The summed E-state index contributed by atoms with van der Waals surface area (Å²) in [5, 5.41) is 3.08. The number of hydrogen-bond donors (Lipinski definition) is 1. The third-order valence-electron chi connectivity index (χ3n) is 2.77. The molecule has 0 spiro atoms. The number of nitrogens with one attached hydrogen (secondary N) is 1. The first-order valence-corrected chi connectivity index (χ1v) is 6.15. The van der Waals surface area contributed by atoms with Crippen LogP contribution in [0, 0.1) is 0 Å². The van der Waals surface area contributed by atoms with E-state index in [9.17, 15) is 9.59 Å². The highest BCUT2D eigenvalue weighted by molar-refractivity contribution is 5.94. The molecule has 0 fully saturated rings. The van der Waals surface area contributed by atoms with Crippen LogP contribution < -0.4 is 5.32 Å². The molecule has 5 nitrogen and oxygen atoms in total. The van der Waals surface area contributed by atoms with Crippen molar-refractivity contribution < 1.29 is 14.3 Å². The van der Waals surface area contributed by atoms with Gasteiger partial charge in [0.2, 0.25) is 0 Å². The summed E-state index contributed by atoms with van der Waals surface area (Å²) in [5.74, 6) is -0.345. The van der Waals surface area contributed by atoms with Crippen LogP contribution in [-0.2, 0) is 9.53 Å². The summed E-state index contributed by atoms with van der Waals surface area (Å²) in [5.41, 5.74) is 1.40. The fourth-order valence-electron chi connectivity index (χ4n) is 1.64. The van der Waals surface area contributed by atoms with E-state index in [1.165, 1.54) is 12.0 Å². The molecule has 0 heterocycles. The number of ether oxygens (including phenoxy) is 1. The molecule has 0 aliphatic heterocycles. The SMILES string of the molecule is CCC(Nc1ccc(C(=O)N(C)C)cc1)C(=O)OC. The van der Waals surface area contributed by atoms with E-state index in [0.29, 0.717) is 12.0 Å². The Balaban J connectivity index is 2.76. The predicted octanol–water partition coefficient (Wildman–Crippen LogP) is 1.75. The number of anilines is 1. The van der Waals surface area contributed by atoms with E-state index in [4.69, 9.17) is 4.74 Å².